The average molecular weight is 353 g/mol. The van der Waals surface area contributed by atoms with Gasteiger partial charge < -0.3 is 14.5 Å². The molecule has 0 aliphatic heterocycles. The molecule has 1 amide bonds. The summed E-state index contributed by atoms with van der Waals surface area (Å²) in [5.41, 5.74) is 1.21. The van der Waals surface area contributed by atoms with Crippen molar-refractivity contribution in [1.82, 2.24) is 15.1 Å². The van der Waals surface area contributed by atoms with E-state index in [2.05, 4.69) is 10.4 Å². The normalized spacial score (nSPS) is 10.5. The van der Waals surface area contributed by atoms with Crippen LogP contribution >= 0.6 is 0 Å². The SMILES string of the molecule is COc1cccc(CCNC(=O)Cn2nc(-c3ccco3)ccc2=O)c1. The van der Waals surface area contributed by atoms with Gasteiger partial charge >= 0.3 is 0 Å². The second kappa shape index (κ2) is 8.15. The maximum atomic E-state index is 12.1. The van der Waals surface area contributed by atoms with Crippen molar-refractivity contribution in [2.24, 2.45) is 0 Å². The highest BCUT2D eigenvalue weighted by Gasteiger charge is 2.09. The van der Waals surface area contributed by atoms with Crippen LogP contribution in [0.3, 0.4) is 0 Å². The number of hydrogen-bond donors (Lipinski definition) is 1. The molecule has 0 saturated carbocycles. The van der Waals surface area contributed by atoms with E-state index in [1.165, 1.54) is 12.3 Å². The van der Waals surface area contributed by atoms with Crippen molar-refractivity contribution in [2.75, 3.05) is 13.7 Å². The van der Waals surface area contributed by atoms with Crippen LogP contribution in [0.15, 0.2) is 64.0 Å². The lowest BCUT2D eigenvalue weighted by atomic mass is 10.1. The zero-order valence-corrected chi connectivity index (χ0v) is 14.3. The van der Waals surface area contributed by atoms with E-state index in [1.807, 2.05) is 24.3 Å². The second-order valence-electron chi connectivity index (χ2n) is 5.64. The van der Waals surface area contributed by atoms with Gasteiger partial charge in [0.2, 0.25) is 5.91 Å². The molecule has 3 rings (SSSR count). The van der Waals surface area contributed by atoms with Crippen LogP contribution in [0.1, 0.15) is 5.56 Å². The van der Waals surface area contributed by atoms with Crippen molar-refractivity contribution < 1.29 is 13.9 Å². The molecular weight excluding hydrogens is 334 g/mol. The van der Waals surface area contributed by atoms with Gasteiger partial charge in [-0.1, -0.05) is 12.1 Å². The van der Waals surface area contributed by atoms with E-state index in [9.17, 15) is 9.59 Å². The lowest BCUT2D eigenvalue weighted by Gasteiger charge is -2.08. The number of methoxy groups -OCH3 is 1. The van der Waals surface area contributed by atoms with Crippen LogP contribution < -0.4 is 15.6 Å². The molecule has 1 aromatic carbocycles. The van der Waals surface area contributed by atoms with E-state index >= 15 is 0 Å². The summed E-state index contributed by atoms with van der Waals surface area (Å²) in [6.45, 7) is 0.310. The van der Waals surface area contributed by atoms with Crippen molar-refractivity contribution >= 4 is 5.91 Å². The van der Waals surface area contributed by atoms with Gasteiger partial charge in [-0.2, -0.15) is 5.10 Å². The molecule has 0 aliphatic rings. The summed E-state index contributed by atoms with van der Waals surface area (Å²) in [7, 11) is 1.61. The third-order valence-electron chi connectivity index (χ3n) is 3.80. The first kappa shape index (κ1) is 17.5. The predicted molar refractivity (Wildman–Crippen MR) is 95.9 cm³/mol. The van der Waals surface area contributed by atoms with Crippen LogP contribution in [0, 0.1) is 0 Å². The average Bonchev–Trinajstić information content (AvgIpc) is 3.18. The molecular formula is C19H19N3O4. The number of carbonyl (C=O) groups is 1. The highest BCUT2D eigenvalue weighted by Crippen LogP contribution is 2.15. The summed E-state index contributed by atoms with van der Waals surface area (Å²) in [6.07, 6.45) is 2.19. The largest absolute Gasteiger partial charge is 0.497 e. The quantitative estimate of drug-likeness (QED) is 0.701. The minimum atomic E-state index is -0.344. The summed E-state index contributed by atoms with van der Waals surface area (Å²) in [5.74, 6) is 1.04. The maximum absolute atomic E-state index is 12.1. The first-order valence-electron chi connectivity index (χ1n) is 8.17. The molecule has 134 valence electrons. The molecule has 3 aromatic rings. The fourth-order valence-electron chi connectivity index (χ4n) is 2.48. The van der Waals surface area contributed by atoms with Gasteiger partial charge in [0, 0.05) is 12.6 Å². The van der Waals surface area contributed by atoms with Crippen LogP contribution in [-0.2, 0) is 17.8 Å². The molecule has 0 unspecified atom stereocenters. The van der Waals surface area contributed by atoms with Crippen molar-refractivity contribution in [3.8, 4) is 17.2 Å². The number of hydrogen-bond acceptors (Lipinski definition) is 5. The van der Waals surface area contributed by atoms with E-state index in [-0.39, 0.29) is 18.0 Å². The maximum Gasteiger partial charge on any atom is 0.267 e. The number of furan rings is 1. The molecule has 26 heavy (non-hydrogen) atoms. The zero-order valence-electron chi connectivity index (χ0n) is 14.3. The molecule has 2 aromatic heterocycles. The van der Waals surface area contributed by atoms with Gasteiger partial charge in [-0.3, -0.25) is 9.59 Å². The first-order chi connectivity index (χ1) is 12.7. The monoisotopic (exact) mass is 353 g/mol. The molecule has 0 bridgehead atoms. The lowest BCUT2D eigenvalue weighted by Crippen LogP contribution is -2.34. The molecule has 1 N–H and O–H groups in total. The summed E-state index contributed by atoms with van der Waals surface area (Å²) >= 11 is 0. The van der Waals surface area contributed by atoms with Gasteiger partial charge in [0.1, 0.15) is 18.0 Å². The van der Waals surface area contributed by atoms with Crippen LogP contribution in [0.2, 0.25) is 0 Å². The predicted octanol–water partition coefficient (Wildman–Crippen LogP) is 1.87. The minimum Gasteiger partial charge on any atom is -0.497 e. The Morgan fingerprint density at radius 2 is 2.12 bits per heavy atom. The molecule has 0 aliphatic carbocycles. The Hall–Kier alpha value is -3.35. The summed E-state index contributed by atoms with van der Waals surface area (Å²) in [5, 5.41) is 6.97. The standard InChI is InChI=1S/C19H19N3O4/c1-25-15-5-2-4-14(12-15)9-10-20-18(23)13-22-19(24)8-7-16(21-22)17-6-3-11-26-17/h2-8,11-12H,9-10,13H2,1H3,(H,20,23). The number of carbonyl (C=O) groups excluding carboxylic acids is 1. The van der Waals surface area contributed by atoms with E-state index in [0.717, 1.165) is 16.0 Å². The van der Waals surface area contributed by atoms with Gasteiger partial charge in [-0.15, -0.1) is 0 Å². The Bertz CT molecular complexity index is 932. The molecule has 0 radical (unpaired) electrons. The van der Waals surface area contributed by atoms with Crippen LogP contribution in [0.5, 0.6) is 5.75 Å². The number of benzene rings is 1. The second-order valence-corrected chi connectivity index (χ2v) is 5.64. The van der Waals surface area contributed by atoms with Crippen molar-refractivity contribution in [1.29, 1.82) is 0 Å². The lowest BCUT2D eigenvalue weighted by molar-refractivity contribution is -0.121. The summed E-state index contributed by atoms with van der Waals surface area (Å²) in [6, 6.07) is 14.1. The van der Waals surface area contributed by atoms with Gasteiger partial charge in [0.15, 0.2) is 5.76 Å². The molecule has 2 heterocycles. The fourth-order valence-corrected chi connectivity index (χ4v) is 2.48. The molecule has 0 atom stereocenters. The van der Waals surface area contributed by atoms with E-state index in [0.29, 0.717) is 24.4 Å². The van der Waals surface area contributed by atoms with Crippen molar-refractivity contribution in [3.05, 3.63) is 70.7 Å². The molecule has 0 fully saturated rings. The van der Waals surface area contributed by atoms with E-state index in [1.54, 1.807) is 25.3 Å². The van der Waals surface area contributed by atoms with Gasteiger partial charge in [0.05, 0.1) is 13.4 Å². The van der Waals surface area contributed by atoms with E-state index < -0.39 is 0 Å². The number of nitrogens with zero attached hydrogens (tertiary/aromatic N) is 2. The first-order valence-corrected chi connectivity index (χ1v) is 8.17. The van der Waals surface area contributed by atoms with Gasteiger partial charge in [-0.05, 0) is 42.3 Å². The Kier molecular flexibility index (Phi) is 5.48. The fraction of sp³-hybridized carbons (Fsp3) is 0.211. The Balaban J connectivity index is 1.58. The van der Waals surface area contributed by atoms with Crippen molar-refractivity contribution in [2.45, 2.75) is 13.0 Å². The Morgan fingerprint density at radius 1 is 1.23 bits per heavy atom. The number of nitrogens with one attached hydrogen (secondary N) is 1. The number of rotatable bonds is 7. The summed E-state index contributed by atoms with van der Waals surface area (Å²) < 4.78 is 11.6. The third-order valence-corrected chi connectivity index (χ3v) is 3.80. The number of ether oxygens (including phenoxy) is 1. The van der Waals surface area contributed by atoms with Gasteiger partial charge in [-0.25, -0.2) is 4.68 Å². The highest BCUT2D eigenvalue weighted by molar-refractivity contribution is 5.75. The van der Waals surface area contributed by atoms with Crippen LogP contribution in [0.4, 0.5) is 0 Å². The van der Waals surface area contributed by atoms with E-state index in [4.69, 9.17) is 9.15 Å². The summed E-state index contributed by atoms with van der Waals surface area (Å²) in [4.78, 5) is 24.0. The van der Waals surface area contributed by atoms with Gasteiger partial charge in [0.25, 0.3) is 5.56 Å². The highest BCUT2D eigenvalue weighted by atomic mass is 16.5. The topological polar surface area (TPSA) is 86.4 Å². The van der Waals surface area contributed by atoms with Crippen LogP contribution in [-0.4, -0.2) is 29.3 Å². The zero-order chi connectivity index (χ0) is 18.4. The number of aromatic nitrogens is 2. The minimum absolute atomic E-state index is 0.147. The Labute approximate surface area is 150 Å². The molecule has 0 saturated heterocycles. The molecule has 7 heteroatoms. The van der Waals surface area contributed by atoms with Crippen LogP contribution in [0.25, 0.3) is 11.5 Å². The van der Waals surface area contributed by atoms with Crippen molar-refractivity contribution in [3.63, 3.8) is 0 Å². The molecule has 0 spiro atoms. The molecule has 7 nitrogen and oxygen atoms in total. The Morgan fingerprint density at radius 3 is 2.88 bits per heavy atom. The smallest absolute Gasteiger partial charge is 0.267 e. The number of amides is 1. The third kappa shape index (κ3) is 4.38.